The number of aliphatic hydroxyl groups excluding tert-OH is 1. The molecule has 0 aromatic carbocycles. The number of hydrogen-bond acceptors (Lipinski definition) is 3. The lowest BCUT2D eigenvalue weighted by atomic mass is 10.0. The minimum atomic E-state index is -0.238. The molecule has 1 heterocycles. The summed E-state index contributed by atoms with van der Waals surface area (Å²) in [5, 5.41) is 13.4. The highest BCUT2D eigenvalue weighted by Crippen LogP contribution is 2.16. The third kappa shape index (κ3) is 4.49. The Morgan fingerprint density at radius 3 is 2.80 bits per heavy atom. The molecule has 3 heteroatoms. The number of nitrogens with one attached hydrogen (secondary N) is 1. The van der Waals surface area contributed by atoms with Crippen LogP contribution in [0.2, 0.25) is 0 Å². The molecule has 15 heavy (non-hydrogen) atoms. The fraction of sp³-hybridized carbons (Fsp3) is 1.00. The van der Waals surface area contributed by atoms with Gasteiger partial charge in [0.1, 0.15) is 0 Å². The van der Waals surface area contributed by atoms with Crippen molar-refractivity contribution in [3.8, 4) is 0 Å². The van der Waals surface area contributed by atoms with Crippen LogP contribution in [0, 0.1) is 5.92 Å². The molecule has 1 aliphatic rings. The monoisotopic (exact) mass is 215 g/mol. The lowest BCUT2D eigenvalue weighted by Crippen LogP contribution is -2.38. The largest absolute Gasteiger partial charge is 0.391 e. The Kier molecular flexibility index (Phi) is 6.22. The van der Waals surface area contributed by atoms with Crippen LogP contribution in [0.3, 0.4) is 0 Å². The summed E-state index contributed by atoms with van der Waals surface area (Å²) < 4.78 is 5.27. The van der Waals surface area contributed by atoms with E-state index in [-0.39, 0.29) is 6.10 Å². The highest BCUT2D eigenvalue weighted by atomic mass is 16.5. The SMILES string of the molecule is CCCC(CC)NCC(O)C1CCOC1. The maximum atomic E-state index is 9.92. The summed E-state index contributed by atoms with van der Waals surface area (Å²) in [5.74, 6) is 0.344. The molecule has 0 radical (unpaired) electrons. The lowest BCUT2D eigenvalue weighted by molar-refractivity contribution is 0.0879. The van der Waals surface area contributed by atoms with Crippen LogP contribution in [0.4, 0.5) is 0 Å². The van der Waals surface area contributed by atoms with Gasteiger partial charge in [-0.2, -0.15) is 0 Å². The van der Waals surface area contributed by atoms with E-state index in [1.807, 2.05) is 0 Å². The summed E-state index contributed by atoms with van der Waals surface area (Å²) in [6.45, 7) is 6.65. The molecule has 1 rings (SSSR count). The average Bonchev–Trinajstić information content (AvgIpc) is 2.77. The highest BCUT2D eigenvalue weighted by Gasteiger charge is 2.23. The van der Waals surface area contributed by atoms with Gasteiger partial charge in [-0.05, 0) is 19.3 Å². The molecule has 0 saturated carbocycles. The third-order valence-corrected chi connectivity index (χ3v) is 3.25. The van der Waals surface area contributed by atoms with Crippen LogP contribution in [0.5, 0.6) is 0 Å². The Morgan fingerprint density at radius 1 is 1.47 bits per heavy atom. The van der Waals surface area contributed by atoms with Gasteiger partial charge in [0.2, 0.25) is 0 Å². The summed E-state index contributed by atoms with van der Waals surface area (Å²) in [6, 6.07) is 0.562. The molecule has 2 N–H and O–H groups in total. The van der Waals surface area contributed by atoms with E-state index in [1.165, 1.54) is 12.8 Å². The van der Waals surface area contributed by atoms with Crippen molar-refractivity contribution in [2.45, 2.75) is 51.7 Å². The zero-order valence-corrected chi connectivity index (χ0v) is 10.0. The number of ether oxygens (including phenoxy) is 1. The van der Waals surface area contributed by atoms with Gasteiger partial charge in [0, 0.05) is 25.1 Å². The fourth-order valence-electron chi connectivity index (χ4n) is 2.11. The van der Waals surface area contributed by atoms with Gasteiger partial charge in [-0.25, -0.2) is 0 Å². The molecule has 3 nitrogen and oxygen atoms in total. The van der Waals surface area contributed by atoms with Crippen LogP contribution in [0.1, 0.15) is 39.5 Å². The standard InChI is InChI=1S/C12H25NO2/c1-3-5-11(4-2)13-8-12(14)10-6-7-15-9-10/h10-14H,3-9H2,1-2H3. The van der Waals surface area contributed by atoms with Crippen LogP contribution < -0.4 is 5.32 Å². The predicted molar refractivity (Wildman–Crippen MR) is 61.9 cm³/mol. The normalized spacial score (nSPS) is 25.4. The topological polar surface area (TPSA) is 41.5 Å². The lowest BCUT2D eigenvalue weighted by Gasteiger charge is -2.21. The van der Waals surface area contributed by atoms with E-state index >= 15 is 0 Å². The van der Waals surface area contributed by atoms with Gasteiger partial charge < -0.3 is 15.2 Å². The minimum absolute atomic E-state index is 0.238. The van der Waals surface area contributed by atoms with E-state index in [1.54, 1.807) is 0 Å². The van der Waals surface area contributed by atoms with E-state index in [0.29, 0.717) is 18.5 Å². The Balaban J connectivity index is 2.16. The molecule has 0 amide bonds. The van der Waals surface area contributed by atoms with Crippen molar-refractivity contribution in [1.82, 2.24) is 5.32 Å². The second kappa shape index (κ2) is 7.20. The smallest absolute Gasteiger partial charge is 0.0715 e. The summed E-state index contributed by atoms with van der Waals surface area (Å²) in [6.07, 6.45) is 4.31. The molecule has 0 bridgehead atoms. The molecule has 90 valence electrons. The second-order valence-electron chi connectivity index (χ2n) is 4.49. The molecule has 0 spiro atoms. The Morgan fingerprint density at radius 2 is 2.27 bits per heavy atom. The van der Waals surface area contributed by atoms with Gasteiger partial charge >= 0.3 is 0 Å². The van der Waals surface area contributed by atoms with Crippen molar-refractivity contribution >= 4 is 0 Å². The first-order chi connectivity index (χ1) is 7.27. The molecular formula is C12H25NO2. The first-order valence-electron chi connectivity index (χ1n) is 6.27. The number of aliphatic hydroxyl groups is 1. The summed E-state index contributed by atoms with van der Waals surface area (Å²) >= 11 is 0. The van der Waals surface area contributed by atoms with Crippen molar-refractivity contribution in [3.05, 3.63) is 0 Å². The first-order valence-corrected chi connectivity index (χ1v) is 6.27. The van der Waals surface area contributed by atoms with Gasteiger partial charge in [0.05, 0.1) is 12.7 Å². The van der Waals surface area contributed by atoms with Crippen molar-refractivity contribution in [2.75, 3.05) is 19.8 Å². The molecule has 3 atom stereocenters. The quantitative estimate of drug-likeness (QED) is 0.677. The van der Waals surface area contributed by atoms with Gasteiger partial charge in [-0.3, -0.25) is 0 Å². The maximum absolute atomic E-state index is 9.92. The summed E-state index contributed by atoms with van der Waals surface area (Å²) in [4.78, 5) is 0. The van der Waals surface area contributed by atoms with E-state index in [9.17, 15) is 5.11 Å². The fourth-order valence-corrected chi connectivity index (χ4v) is 2.11. The Labute approximate surface area is 93.2 Å². The molecule has 1 saturated heterocycles. The van der Waals surface area contributed by atoms with E-state index in [4.69, 9.17) is 4.74 Å². The number of hydrogen-bond donors (Lipinski definition) is 2. The van der Waals surface area contributed by atoms with Gasteiger partial charge in [0.25, 0.3) is 0 Å². The zero-order chi connectivity index (χ0) is 11.1. The number of rotatable bonds is 7. The van der Waals surface area contributed by atoms with E-state index in [0.717, 1.165) is 26.1 Å². The molecule has 0 aliphatic carbocycles. The van der Waals surface area contributed by atoms with E-state index < -0.39 is 0 Å². The van der Waals surface area contributed by atoms with Crippen LogP contribution >= 0.6 is 0 Å². The van der Waals surface area contributed by atoms with Gasteiger partial charge in [0.15, 0.2) is 0 Å². The molecule has 3 unspecified atom stereocenters. The van der Waals surface area contributed by atoms with Crippen LogP contribution in [0.15, 0.2) is 0 Å². The van der Waals surface area contributed by atoms with Gasteiger partial charge in [-0.1, -0.05) is 20.3 Å². The van der Waals surface area contributed by atoms with Gasteiger partial charge in [-0.15, -0.1) is 0 Å². The van der Waals surface area contributed by atoms with Crippen LogP contribution in [-0.4, -0.2) is 37.0 Å². The summed E-state index contributed by atoms with van der Waals surface area (Å²) in [5.41, 5.74) is 0. The third-order valence-electron chi connectivity index (χ3n) is 3.25. The molecular weight excluding hydrogens is 190 g/mol. The Hall–Kier alpha value is -0.120. The Bertz CT molecular complexity index is 158. The molecule has 0 aromatic heterocycles. The second-order valence-corrected chi connectivity index (χ2v) is 4.49. The van der Waals surface area contributed by atoms with Crippen LogP contribution in [0.25, 0.3) is 0 Å². The zero-order valence-electron chi connectivity index (χ0n) is 10.0. The van der Waals surface area contributed by atoms with Crippen molar-refractivity contribution in [3.63, 3.8) is 0 Å². The van der Waals surface area contributed by atoms with Crippen molar-refractivity contribution in [2.24, 2.45) is 5.92 Å². The van der Waals surface area contributed by atoms with Crippen LogP contribution in [-0.2, 0) is 4.74 Å². The molecule has 1 aliphatic heterocycles. The molecule has 0 aromatic rings. The highest BCUT2D eigenvalue weighted by molar-refractivity contribution is 4.76. The first kappa shape index (κ1) is 12.9. The van der Waals surface area contributed by atoms with Crippen molar-refractivity contribution < 1.29 is 9.84 Å². The average molecular weight is 215 g/mol. The minimum Gasteiger partial charge on any atom is -0.391 e. The predicted octanol–water partition coefficient (Wildman–Crippen LogP) is 1.55. The maximum Gasteiger partial charge on any atom is 0.0715 e. The van der Waals surface area contributed by atoms with Crippen molar-refractivity contribution in [1.29, 1.82) is 0 Å². The molecule has 1 fully saturated rings. The summed E-state index contributed by atoms with van der Waals surface area (Å²) in [7, 11) is 0. The van der Waals surface area contributed by atoms with E-state index in [2.05, 4.69) is 19.2 Å².